The van der Waals surface area contributed by atoms with Crippen molar-refractivity contribution in [1.29, 1.82) is 0 Å². The van der Waals surface area contributed by atoms with Gasteiger partial charge in [-0.1, -0.05) is 79.9 Å². The van der Waals surface area contributed by atoms with Crippen molar-refractivity contribution in [3.63, 3.8) is 0 Å². The van der Waals surface area contributed by atoms with Crippen LogP contribution in [0.1, 0.15) is 49.8 Å². The molecule has 0 bridgehead atoms. The second kappa shape index (κ2) is 14.7. The number of anilines is 1. The van der Waals surface area contributed by atoms with Gasteiger partial charge in [-0.15, -0.1) is 0 Å². The Kier molecular flexibility index (Phi) is 11.6. The minimum atomic E-state index is -4.13. The molecule has 10 heteroatoms. The van der Waals surface area contributed by atoms with E-state index in [1.807, 2.05) is 33.8 Å². The lowest BCUT2D eigenvalue weighted by molar-refractivity contribution is -0.140. The third-order valence-electron chi connectivity index (χ3n) is 7.01. The van der Waals surface area contributed by atoms with Crippen molar-refractivity contribution in [2.24, 2.45) is 0 Å². The molecular weight excluding hydrogens is 581 g/mol. The number of hydrogen-bond donors (Lipinski definition) is 1. The first-order valence-electron chi connectivity index (χ1n) is 13.7. The largest absolute Gasteiger partial charge is 0.354 e. The molecule has 220 valence electrons. The monoisotopic (exact) mass is 617 g/mol. The van der Waals surface area contributed by atoms with Gasteiger partial charge in [0, 0.05) is 13.1 Å². The van der Waals surface area contributed by atoms with Gasteiger partial charge in [-0.25, -0.2) is 8.42 Å². The summed E-state index contributed by atoms with van der Waals surface area (Å²) in [5.41, 5.74) is 2.69. The third kappa shape index (κ3) is 8.03. The van der Waals surface area contributed by atoms with Gasteiger partial charge in [0.15, 0.2) is 0 Å². The maximum Gasteiger partial charge on any atom is 0.264 e. The Balaban J connectivity index is 2.08. The van der Waals surface area contributed by atoms with E-state index in [1.54, 1.807) is 48.5 Å². The molecule has 0 saturated carbocycles. The molecule has 0 aliphatic rings. The van der Waals surface area contributed by atoms with E-state index in [2.05, 4.69) is 5.32 Å². The van der Waals surface area contributed by atoms with Crippen molar-refractivity contribution in [2.45, 2.75) is 64.4 Å². The first-order chi connectivity index (χ1) is 19.5. The average molecular weight is 619 g/mol. The van der Waals surface area contributed by atoms with Crippen LogP contribution in [-0.4, -0.2) is 44.3 Å². The molecule has 1 unspecified atom stereocenters. The number of nitrogens with one attached hydrogen (secondary N) is 1. The van der Waals surface area contributed by atoms with Crippen LogP contribution in [0.2, 0.25) is 10.0 Å². The van der Waals surface area contributed by atoms with E-state index in [-0.39, 0.29) is 17.3 Å². The molecule has 0 aromatic heterocycles. The summed E-state index contributed by atoms with van der Waals surface area (Å²) in [5.74, 6) is -0.812. The third-order valence-corrected chi connectivity index (χ3v) is 9.52. The molecule has 3 rings (SSSR count). The van der Waals surface area contributed by atoms with Crippen molar-refractivity contribution in [2.75, 3.05) is 17.4 Å². The molecule has 3 aromatic carbocycles. The molecule has 3 aromatic rings. The SMILES string of the molecule is CCCCNC(=O)C(CC)N(Cc1ccc(Cl)c(Cl)c1)C(=O)CN(c1cccc(C)c1C)S(=O)(=O)c1ccccc1. The molecule has 41 heavy (non-hydrogen) atoms. The molecule has 0 spiro atoms. The van der Waals surface area contributed by atoms with Crippen LogP contribution < -0.4 is 9.62 Å². The number of carbonyl (C=O) groups is 2. The molecule has 0 heterocycles. The number of benzene rings is 3. The predicted molar refractivity (Wildman–Crippen MR) is 166 cm³/mol. The summed E-state index contributed by atoms with van der Waals surface area (Å²) in [6, 6.07) is 17.5. The van der Waals surface area contributed by atoms with Crippen molar-refractivity contribution < 1.29 is 18.0 Å². The van der Waals surface area contributed by atoms with Gasteiger partial charge in [-0.05, 0) is 73.7 Å². The molecule has 0 saturated heterocycles. The van der Waals surface area contributed by atoms with Gasteiger partial charge in [0.1, 0.15) is 12.6 Å². The van der Waals surface area contributed by atoms with E-state index in [4.69, 9.17) is 23.2 Å². The van der Waals surface area contributed by atoms with E-state index in [0.717, 1.165) is 28.3 Å². The quantitative estimate of drug-likeness (QED) is 0.221. The second-order valence-electron chi connectivity index (χ2n) is 9.88. The molecule has 1 atom stereocenters. The summed E-state index contributed by atoms with van der Waals surface area (Å²) >= 11 is 12.4. The van der Waals surface area contributed by atoms with Gasteiger partial charge >= 0.3 is 0 Å². The number of hydrogen-bond acceptors (Lipinski definition) is 4. The molecule has 0 fully saturated rings. The Morgan fingerprint density at radius 3 is 2.27 bits per heavy atom. The summed E-state index contributed by atoms with van der Waals surface area (Å²) in [6.45, 7) is 7.59. The maximum absolute atomic E-state index is 14.2. The molecule has 1 N–H and O–H groups in total. The highest BCUT2D eigenvalue weighted by molar-refractivity contribution is 7.92. The summed E-state index contributed by atoms with van der Waals surface area (Å²) < 4.78 is 29.1. The lowest BCUT2D eigenvalue weighted by Crippen LogP contribution is -2.52. The molecule has 0 aliphatic carbocycles. The Hall–Kier alpha value is -3.07. The number of aryl methyl sites for hydroxylation is 1. The number of unbranched alkanes of at least 4 members (excludes halogenated alkanes) is 1. The van der Waals surface area contributed by atoms with Crippen LogP contribution in [0, 0.1) is 13.8 Å². The Bertz CT molecular complexity index is 1470. The van der Waals surface area contributed by atoms with Gasteiger partial charge in [0.05, 0.1) is 20.6 Å². The van der Waals surface area contributed by atoms with Crippen molar-refractivity contribution >= 4 is 50.7 Å². The van der Waals surface area contributed by atoms with Gasteiger partial charge in [-0.2, -0.15) is 0 Å². The smallest absolute Gasteiger partial charge is 0.264 e. The van der Waals surface area contributed by atoms with Gasteiger partial charge < -0.3 is 10.2 Å². The average Bonchev–Trinajstić information content (AvgIpc) is 2.95. The zero-order chi connectivity index (χ0) is 30.2. The number of carbonyl (C=O) groups excluding carboxylic acids is 2. The minimum Gasteiger partial charge on any atom is -0.354 e. The highest BCUT2D eigenvalue weighted by atomic mass is 35.5. The normalized spacial score (nSPS) is 12.0. The number of halogens is 2. The first kappa shape index (κ1) is 32.4. The zero-order valence-electron chi connectivity index (χ0n) is 23.9. The molecule has 0 aliphatic heterocycles. The van der Waals surface area contributed by atoms with Crippen LogP contribution in [0.3, 0.4) is 0 Å². The topological polar surface area (TPSA) is 86.8 Å². The van der Waals surface area contributed by atoms with Crippen molar-refractivity contribution in [1.82, 2.24) is 10.2 Å². The van der Waals surface area contributed by atoms with Crippen LogP contribution in [0.25, 0.3) is 0 Å². The van der Waals surface area contributed by atoms with Crippen LogP contribution in [0.5, 0.6) is 0 Å². The number of sulfonamides is 1. The first-order valence-corrected chi connectivity index (χ1v) is 15.9. The van der Waals surface area contributed by atoms with Crippen molar-refractivity contribution in [3.8, 4) is 0 Å². The van der Waals surface area contributed by atoms with E-state index in [9.17, 15) is 18.0 Å². The zero-order valence-corrected chi connectivity index (χ0v) is 26.2. The van der Waals surface area contributed by atoms with Gasteiger partial charge in [0.25, 0.3) is 10.0 Å². The summed E-state index contributed by atoms with van der Waals surface area (Å²) in [7, 11) is -4.13. The lowest BCUT2D eigenvalue weighted by atomic mass is 10.1. The van der Waals surface area contributed by atoms with Gasteiger partial charge in [-0.3, -0.25) is 13.9 Å². The highest BCUT2D eigenvalue weighted by Crippen LogP contribution is 2.30. The van der Waals surface area contributed by atoms with Crippen LogP contribution in [0.15, 0.2) is 71.6 Å². The van der Waals surface area contributed by atoms with E-state index in [0.29, 0.717) is 34.3 Å². The molecule has 0 radical (unpaired) electrons. The van der Waals surface area contributed by atoms with Crippen LogP contribution >= 0.6 is 23.2 Å². The lowest BCUT2D eigenvalue weighted by Gasteiger charge is -2.33. The summed E-state index contributed by atoms with van der Waals surface area (Å²) in [4.78, 5) is 29.0. The Morgan fingerprint density at radius 1 is 0.927 bits per heavy atom. The van der Waals surface area contributed by atoms with E-state index in [1.165, 1.54) is 17.0 Å². The number of nitrogens with zero attached hydrogens (tertiary/aromatic N) is 2. The van der Waals surface area contributed by atoms with E-state index < -0.39 is 28.5 Å². The van der Waals surface area contributed by atoms with E-state index >= 15 is 0 Å². The highest BCUT2D eigenvalue weighted by Gasteiger charge is 2.34. The fourth-order valence-corrected chi connectivity index (χ4v) is 6.31. The Morgan fingerprint density at radius 2 is 1.63 bits per heavy atom. The summed E-state index contributed by atoms with van der Waals surface area (Å²) in [5, 5.41) is 3.61. The van der Waals surface area contributed by atoms with Gasteiger partial charge in [0.2, 0.25) is 11.8 Å². The number of rotatable bonds is 13. The minimum absolute atomic E-state index is 0.0431. The fraction of sp³-hybridized carbons (Fsp3) is 0.355. The standard InChI is InChI=1S/C31H37Cl2N3O4S/c1-5-7-18-34-31(38)28(6-2)35(20-24-16-17-26(32)27(33)19-24)30(37)21-36(29-15-11-12-22(3)23(29)4)41(39,40)25-13-9-8-10-14-25/h8-17,19,28H,5-7,18,20-21H2,1-4H3,(H,34,38). The molecular formula is C31H37Cl2N3O4S. The predicted octanol–water partition coefficient (Wildman–Crippen LogP) is 6.53. The van der Waals surface area contributed by atoms with Crippen molar-refractivity contribution in [3.05, 3.63) is 93.5 Å². The summed E-state index contributed by atoms with van der Waals surface area (Å²) in [6.07, 6.45) is 2.05. The molecule has 7 nitrogen and oxygen atoms in total. The van der Waals surface area contributed by atoms with Crippen LogP contribution in [-0.2, 0) is 26.2 Å². The Labute approximate surface area is 253 Å². The number of amides is 2. The fourth-order valence-electron chi connectivity index (χ4n) is 4.50. The van der Waals surface area contributed by atoms with Crippen LogP contribution in [0.4, 0.5) is 5.69 Å². The molecule has 2 amide bonds. The second-order valence-corrected chi connectivity index (χ2v) is 12.6. The maximum atomic E-state index is 14.2.